The first-order valence-electron chi connectivity index (χ1n) is 18.9. The van der Waals surface area contributed by atoms with Crippen LogP contribution in [0.2, 0.25) is 0 Å². The van der Waals surface area contributed by atoms with Crippen LogP contribution in [-0.4, -0.2) is 72.4 Å². The number of carbonyl (C=O) groups excluding carboxylic acids is 3. The molecule has 5 aromatic rings. The van der Waals surface area contributed by atoms with Gasteiger partial charge in [-0.05, 0) is 60.8 Å². The molecule has 7 rings (SSSR count). The van der Waals surface area contributed by atoms with Gasteiger partial charge in [0.15, 0.2) is 0 Å². The summed E-state index contributed by atoms with van der Waals surface area (Å²) in [5, 5.41) is 5.78. The third-order valence-corrected chi connectivity index (χ3v) is 10.8. The van der Waals surface area contributed by atoms with Crippen molar-refractivity contribution >= 4 is 17.9 Å². The molecule has 1 aliphatic heterocycles. The van der Waals surface area contributed by atoms with E-state index in [4.69, 9.17) is 9.72 Å². The van der Waals surface area contributed by atoms with Crippen LogP contribution in [0.1, 0.15) is 87.5 Å². The Bertz CT molecular complexity index is 2060. The van der Waals surface area contributed by atoms with Crippen LogP contribution in [0.3, 0.4) is 0 Å². The highest BCUT2D eigenvalue weighted by atomic mass is 16.5. The Hall–Kier alpha value is -5.72. The lowest BCUT2D eigenvalue weighted by Crippen LogP contribution is -2.51. The normalized spacial score (nSPS) is 19.1. The number of aryl methyl sites for hydroxylation is 1. The largest absolute Gasteiger partial charge is 0.453 e. The van der Waals surface area contributed by atoms with Crippen molar-refractivity contribution in [2.45, 2.75) is 83.8 Å². The summed E-state index contributed by atoms with van der Waals surface area (Å²) in [5.74, 6) is 2.10. The van der Waals surface area contributed by atoms with E-state index in [1.54, 1.807) is 6.20 Å². The number of aromatic amines is 3. The molecule has 2 aliphatic rings. The van der Waals surface area contributed by atoms with Crippen molar-refractivity contribution in [2.24, 2.45) is 11.8 Å². The van der Waals surface area contributed by atoms with Gasteiger partial charge in [0.1, 0.15) is 23.5 Å². The fourth-order valence-electron chi connectivity index (χ4n) is 7.83. The second-order valence-electron chi connectivity index (χ2n) is 14.8. The topological polar surface area (TPSA) is 174 Å². The van der Waals surface area contributed by atoms with Gasteiger partial charge in [0.2, 0.25) is 11.8 Å². The maximum Gasteiger partial charge on any atom is 0.407 e. The first kappa shape index (κ1) is 36.6. The SMILES string of the molecule is COC(=O)NC(C(=O)N1CCCC1c1ncc(-c2ccc(-c3ccc(-c4cnc([C@@H]5CCCCC5C(=O)NCc5ncc(C)[nH]5)[nH]4)cc3)cc2)[nH]1)C(C)C. The van der Waals surface area contributed by atoms with Gasteiger partial charge in [-0.3, -0.25) is 9.59 Å². The monoisotopic (exact) mass is 731 g/mol. The number of methoxy groups -OCH3 is 1. The lowest BCUT2D eigenvalue weighted by Gasteiger charge is -2.30. The van der Waals surface area contributed by atoms with E-state index in [0.717, 1.165) is 95.3 Å². The molecule has 13 nitrogen and oxygen atoms in total. The Kier molecular flexibility index (Phi) is 10.9. The van der Waals surface area contributed by atoms with Crippen molar-refractivity contribution < 1.29 is 19.1 Å². The third kappa shape index (κ3) is 7.95. The molecule has 1 saturated heterocycles. The zero-order valence-corrected chi connectivity index (χ0v) is 31.3. The lowest BCUT2D eigenvalue weighted by molar-refractivity contribution is -0.135. The number of hydrogen-bond acceptors (Lipinski definition) is 7. The van der Waals surface area contributed by atoms with E-state index < -0.39 is 12.1 Å². The van der Waals surface area contributed by atoms with Gasteiger partial charge in [0.05, 0.1) is 43.5 Å². The highest BCUT2D eigenvalue weighted by Gasteiger charge is 2.38. The summed E-state index contributed by atoms with van der Waals surface area (Å²) in [6, 6.07) is 15.9. The van der Waals surface area contributed by atoms with Gasteiger partial charge in [-0.2, -0.15) is 0 Å². The minimum absolute atomic E-state index is 0.0433. The predicted octanol–water partition coefficient (Wildman–Crippen LogP) is 6.80. The average molecular weight is 732 g/mol. The molecule has 3 amide bonds. The van der Waals surface area contributed by atoms with E-state index in [2.05, 4.69) is 84.1 Å². The zero-order valence-electron chi connectivity index (χ0n) is 31.3. The number of alkyl carbamates (subject to hydrolysis) is 1. The summed E-state index contributed by atoms with van der Waals surface area (Å²) < 4.78 is 4.76. The van der Waals surface area contributed by atoms with E-state index in [1.165, 1.54) is 7.11 Å². The van der Waals surface area contributed by atoms with Crippen LogP contribution < -0.4 is 10.6 Å². The molecule has 4 atom stereocenters. The number of benzene rings is 2. The maximum atomic E-state index is 13.5. The highest BCUT2D eigenvalue weighted by Crippen LogP contribution is 2.38. The van der Waals surface area contributed by atoms with E-state index >= 15 is 0 Å². The lowest BCUT2D eigenvalue weighted by atomic mass is 9.78. The highest BCUT2D eigenvalue weighted by molar-refractivity contribution is 5.86. The number of nitrogens with one attached hydrogen (secondary N) is 5. The minimum Gasteiger partial charge on any atom is -0.453 e. The van der Waals surface area contributed by atoms with Crippen LogP contribution >= 0.6 is 0 Å². The molecular formula is C41H49N9O4. The van der Waals surface area contributed by atoms with Gasteiger partial charge in [0, 0.05) is 30.3 Å². The molecule has 282 valence electrons. The molecule has 4 heterocycles. The van der Waals surface area contributed by atoms with Crippen LogP contribution in [0.4, 0.5) is 4.79 Å². The third-order valence-electron chi connectivity index (χ3n) is 10.8. The van der Waals surface area contributed by atoms with E-state index in [0.29, 0.717) is 13.1 Å². The number of ether oxygens (including phenoxy) is 1. The van der Waals surface area contributed by atoms with Crippen LogP contribution in [0, 0.1) is 18.8 Å². The molecule has 2 fully saturated rings. The number of nitrogens with zero attached hydrogens (tertiary/aromatic N) is 4. The average Bonchev–Trinajstić information content (AvgIpc) is 4.03. The molecule has 5 N–H and O–H groups in total. The van der Waals surface area contributed by atoms with E-state index in [1.807, 2.05) is 38.1 Å². The molecule has 0 radical (unpaired) electrons. The number of rotatable bonds is 11. The van der Waals surface area contributed by atoms with Gasteiger partial charge >= 0.3 is 6.09 Å². The number of imidazole rings is 3. The molecule has 1 aliphatic carbocycles. The summed E-state index contributed by atoms with van der Waals surface area (Å²) >= 11 is 0. The number of amides is 3. The van der Waals surface area contributed by atoms with Gasteiger partial charge in [-0.1, -0.05) is 75.2 Å². The Morgan fingerprint density at radius 2 is 1.41 bits per heavy atom. The van der Waals surface area contributed by atoms with Crippen LogP contribution in [0.15, 0.2) is 67.1 Å². The predicted molar refractivity (Wildman–Crippen MR) is 205 cm³/mol. The molecule has 3 unspecified atom stereocenters. The zero-order chi connectivity index (χ0) is 37.8. The van der Waals surface area contributed by atoms with Crippen LogP contribution in [0.5, 0.6) is 0 Å². The number of likely N-dealkylation sites (tertiary alicyclic amines) is 1. The van der Waals surface area contributed by atoms with Gasteiger partial charge in [-0.25, -0.2) is 19.7 Å². The van der Waals surface area contributed by atoms with Gasteiger partial charge < -0.3 is 35.2 Å². The number of carbonyl (C=O) groups is 3. The first-order valence-corrected chi connectivity index (χ1v) is 18.9. The Morgan fingerprint density at radius 1 is 0.796 bits per heavy atom. The second kappa shape index (κ2) is 16.1. The van der Waals surface area contributed by atoms with E-state index in [9.17, 15) is 14.4 Å². The van der Waals surface area contributed by atoms with Gasteiger partial charge in [-0.15, -0.1) is 0 Å². The fraction of sp³-hybridized carbons (Fsp3) is 0.415. The molecule has 0 bridgehead atoms. The maximum absolute atomic E-state index is 13.5. The Morgan fingerprint density at radius 3 is 2.02 bits per heavy atom. The van der Waals surface area contributed by atoms with Crippen molar-refractivity contribution in [3.63, 3.8) is 0 Å². The molecule has 54 heavy (non-hydrogen) atoms. The van der Waals surface area contributed by atoms with Crippen molar-refractivity contribution in [3.05, 3.63) is 90.3 Å². The van der Waals surface area contributed by atoms with Crippen LogP contribution in [-0.2, 0) is 20.9 Å². The van der Waals surface area contributed by atoms with Crippen molar-refractivity contribution in [1.29, 1.82) is 0 Å². The molecule has 2 aromatic carbocycles. The second-order valence-corrected chi connectivity index (χ2v) is 14.8. The Labute approximate surface area is 315 Å². The quantitative estimate of drug-likeness (QED) is 0.0994. The number of hydrogen-bond donors (Lipinski definition) is 5. The molecule has 1 saturated carbocycles. The van der Waals surface area contributed by atoms with Crippen molar-refractivity contribution in [3.8, 4) is 33.6 Å². The molecular weight excluding hydrogens is 683 g/mol. The van der Waals surface area contributed by atoms with E-state index in [-0.39, 0.29) is 35.6 Å². The summed E-state index contributed by atoms with van der Waals surface area (Å²) in [4.78, 5) is 64.4. The van der Waals surface area contributed by atoms with Crippen molar-refractivity contribution in [1.82, 2.24) is 45.4 Å². The first-order chi connectivity index (χ1) is 26.2. The standard InChI is InChI=1S/C41H49N9O4/c1-24(2)36(49-41(53)54-4)40(52)50-19-7-10-34(50)38-44-22-33(48-38)29-17-13-27(14-18-29)26-11-15-28(16-12-26)32-21-43-37(47-32)30-8-5-6-9-31(30)39(51)45-23-35-42-20-25(3)46-35/h11-18,20-22,24,30-31,34,36H,5-10,19,23H2,1-4H3,(H,42,46)(H,43,47)(H,44,48)(H,45,51)(H,49,53)/t30-,31?,34?,36?/m1/s1. The van der Waals surface area contributed by atoms with Crippen molar-refractivity contribution in [2.75, 3.05) is 13.7 Å². The van der Waals surface area contributed by atoms with Gasteiger partial charge in [0.25, 0.3) is 0 Å². The molecule has 13 heteroatoms. The molecule has 0 spiro atoms. The summed E-state index contributed by atoms with van der Waals surface area (Å²) in [5.41, 5.74) is 6.98. The molecule has 3 aromatic heterocycles. The smallest absolute Gasteiger partial charge is 0.407 e. The summed E-state index contributed by atoms with van der Waals surface area (Å²) in [7, 11) is 1.30. The Balaban J connectivity index is 0.988. The number of aromatic nitrogens is 6. The number of H-pyrrole nitrogens is 3. The minimum atomic E-state index is -0.677. The summed E-state index contributed by atoms with van der Waals surface area (Å²) in [6.45, 7) is 6.76. The summed E-state index contributed by atoms with van der Waals surface area (Å²) in [6.07, 6.45) is 10.4. The van der Waals surface area contributed by atoms with Crippen LogP contribution in [0.25, 0.3) is 33.6 Å². The fourth-order valence-corrected chi connectivity index (χ4v) is 7.83.